The number of thiazole rings is 1. The van der Waals surface area contributed by atoms with E-state index in [0.29, 0.717) is 12.1 Å². The SMILES string of the molecule is Cc1nc(CN2CC[C@@H](N(C)C)[C@@H]2Cc2ccncc2)cs1. The standard InChI is InChI=1S/C17H24N4S/c1-13-19-15(12-22-13)11-21-9-6-16(20(2)3)17(21)10-14-4-7-18-8-5-14/h4-5,7-8,12,16-17H,6,9-11H2,1-3H3/t16-,17+/m1/s1. The van der Waals surface area contributed by atoms with Crippen molar-refractivity contribution in [2.75, 3.05) is 20.6 Å². The molecule has 0 spiro atoms. The molecule has 2 atom stereocenters. The molecule has 0 amide bonds. The summed E-state index contributed by atoms with van der Waals surface area (Å²) in [5.74, 6) is 0. The van der Waals surface area contributed by atoms with Gasteiger partial charge in [-0.1, -0.05) is 0 Å². The number of rotatable bonds is 5. The molecule has 0 aromatic carbocycles. The first-order valence-electron chi connectivity index (χ1n) is 7.84. The molecule has 2 aromatic heterocycles. The lowest BCUT2D eigenvalue weighted by atomic mass is 10.00. The van der Waals surface area contributed by atoms with Gasteiger partial charge in [0.1, 0.15) is 0 Å². The van der Waals surface area contributed by atoms with Gasteiger partial charge in [-0.25, -0.2) is 4.98 Å². The second-order valence-corrected chi connectivity index (χ2v) is 7.34. The largest absolute Gasteiger partial charge is 0.305 e. The number of hydrogen-bond acceptors (Lipinski definition) is 5. The average Bonchev–Trinajstić information content (AvgIpc) is 3.08. The smallest absolute Gasteiger partial charge is 0.0897 e. The highest BCUT2D eigenvalue weighted by Gasteiger charge is 2.35. The van der Waals surface area contributed by atoms with E-state index in [1.54, 1.807) is 11.3 Å². The van der Waals surface area contributed by atoms with Crippen LogP contribution in [0, 0.1) is 6.92 Å². The van der Waals surface area contributed by atoms with Gasteiger partial charge in [-0.15, -0.1) is 11.3 Å². The summed E-state index contributed by atoms with van der Waals surface area (Å²) in [4.78, 5) is 13.7. The maximum Gasteiger partial charge on any atom is 0.0897 e. The van der Waals surface area contributed by atoms with Crippen molar-refractivity contribution in [2.24, 2.45) is 0 Å². The van der Waals surface area contributed by atoms with Gasteiger partial charge in [-0.05, 0) is 51.6 Å². The van der Waals surface area contributed by atoms with Gasteiger partial charge in [0, 0.05) is 42.9 Å². The number of hydrogen-bond donors (Lipinski definition) is 0. The van der Waals surface area contributed by atoms with Crippen LogP contribution in [0.1, 0.15) is 22.7 Å². The molecular weight excluding hydrogens is 292 g/mol. The molecule has 0 radical (unpaired) electrons. The Balaban J connectivity index is 1.76. The Morgan fingerprint density at radius 2 is 2.09 bits per heavy atom. The number of likely N-dealkylation sites (tertiary alicyclic amines) is 1. The fraction of sp³-hybridized carbons (Fsp3) is 0.529. The zero-order valence-corrected chi connectivity index (χ0v) is 14.4. The van der Waals surface area contributed by atoms with Crippen molar-refractivity contribution >= 4 is 11.3 Å². The Morgan fingerprint density at radius 1 is 1.32 bits per heavy atom. The number of pyridine rings is 1. The number of aryl methyl sites for hydroxylation is 1. The third-order valence-corrected chi connectivity index (χ3v) is 5.34. The minimum Gasteiger partial charge on any atom is -0.305 e. The maximum absolute atomic E-state index is 4.64. The van der Waals surface area contributed by atoms with E-state index in [1.165, 1.54) is 17.7 Å². The van der Waals surface area contributed by atoms with Crippen LogP contribution >= 0.6 is 11.3 Å². The summed E-state index contributed by atoms with van der Waals surface area (Å²) in [5, 5.41) is 3.35. The van der Waals surface area contributed by atoms with Crippen LogP contribution in [0.2, 0.25) is 0 Å². The van der Waals surface area contributed by atoms with Crippen LogP contribution < -0.4 is 0 Å². The summed E-state index contributed by atoms with van der Waals surface area (Å²) in [5.41, 5.74) is 2.58. The summed E-state index contributed by atoms with van der Waals surface area (Å²) in [6, 6.07) is 5.42. The van der Waals surface area contributed by atoms with Gasteiger partial charge in [0.25, 0.3) is 0 Å². The quantitative estimate of drug-likeness (QED) is 0.849. The van der Waals surface area contributed by atoms with Gasteiger partial charge in [0.2, 0.25) is 0 Å². The predicted octanol–water partition coefficient (Wildman–Crippen LogP) is 2.59. The molecule has 3 rings (SSSR count). The molecule has 5 heteroatoms. The molecule has 1 saturated heterocycles. The Bertz CT molecular complexity index is 596. The average molecular weight is 316 g/mol. The van der Waals surface area contributed by atoms with Gasteiger partial charge in [0.05, 0.1) is 10.7 Å². The zero-order valence-electron chi connectivity index (χ0n) is 13.6. The van der Waals surface area contributed by atoms with Crippen molar-refractivity contribution in [1.29, 1.82) is 0 Å². The van der Waals surface area contributed by atoms with Crippen LogP contribution in [0.5, 0.6) is 0 Å². The lowest BCUT2D eigenvalue weighted by Gasteiger charge is -2.31. The van der Waals surface area contributed by atoms with Gasteiger partial charge in [-0.2, -0.15) is 0 Å². The van der Waals surface area contributed by atoms with Gasteiger partial charge >= 0.3 is 0 Å². The van der Waals surface area contributed by atoms with Crippen LogP contribution in [0.15, 0.2) is 29.9 Å². The first kappa shape index (κ1) is 15.6. The van der Waals surface area contributed by atoms with E-state index in [-0.39, 0.29) is 0 Å². The van der Waals surface area contributed by atoms with Crippen molar-refractivity contribution in [1.82, 2.24) is 19.8 Å². The first-order valence-corrected chi connectivity index (χ1v) is 8.72. The minimum atomic E-state index is 0.541. The zero-order chi connectivity index (χ0) is 15.5. The molecule has 118 valence electrons. The van der Waals surface area contributed by atoms with Crippen LogP contribution in [-0.4, -0.2) is 52.5 Å². The number of nitrogens with zero attached hydrogens (tertiary/aromatic N) is 4. The molecular formula is C17H24N4S. The summed E-state index contributed by atoms with van der Waals surface area (Å²) in [7, 11) is 4.39. The molecule has 22 heavy (non-hydrogen) atoms. The lowest BCUT2D eigenvalue weighted by molar-refractivity contribution is 0.177. The molecule has 0 aliphatic carbocycles. The van der Waals surface area contributed by atoms with Gasteiger partial charge < -0.3 is 4.90 Å². The van der Waals surface area contributed by atoms with E-state index in [4.69, 9.17) is 0 Å². The maximum atomic E-state index is 4.64. The second kappa shape index (κ2) is 6.86. The van der Waals surface area contributed by atoms with Gasteiger partial charge in [-0.3, -0.25) is 9.88 Å². The molecule has 0 saturated carbocycles. The third-order valence-electron chi connectivity index (χ3n) is 4.51. The summed E-state index contributed by atoms with van der Waals surface area (Å²) < 4.78 is 0. The van der Waals surface area contributed by atoms with E-state index >= 15 is 0 Å². The molecule has 2 aromatic rings. The Labute approximate surface area is 136 Å². The highest BCUT2D eigenvalue weighted by molar-refractivity contribution is 7.09. The van der Waals surface area contributed by atoms with Crippen molar-refractivity contribution in [3.05, 3.63) is 46.2 Å². The molecule has 1 fully saturated rings. The molecule has 1 aliphatic heterocycles. The van der Waals surface area contributed by atoms with Crippen LogP contribution in [-0.2, 0) is 13.0 Å². The first-order chi connectivity index (χ1) is 10.6. The number of aromatic nitrogens is 2. The monoisotopic (exact) mass is 316 g/mol. The second-order valence-electron chi connectivity index (χ2n) is 6.27. The van der Waals surface area contributed by atoms with Crippen molar-refractivity contribution in [3.8, 4) is 0 Å². The van der Waals surface area contributed by atoms with Crippen LogP contribution in [0.25, 0.3) is 0 Å². The molecule has 3 heterocycles. The molecule has 4 nitrogen and oxygen atoms in total. The van der Waals surface area contributed by atoms with Crippen LogP contribution in [0.3, 0.4) is 0 Å². The number of likely N-dealkylation sites (N-methyl/N-ethyl adjacent to an activating group) is 1. The van der Waals surface area contributed by atoms with Crippen molar-refractivity contribution in [3.63, 3.8) is 0 Å². The van der Waals surface area contributed by atoms with E-state index in [1.807, 2.05) is 12.4 Å². The molecule has 0 bridgehead atoms. The van der Waals surface area contributed by atoms with Crippen LogP contribution in [0.4, 0.5) is 0 Å². The predicted molar refractivity (Wildman–Crippen MR) is 91.1 cm³/mol. The fourth-order valence-electron chi connectivity index (χ4n) is 3.41. The Kier molecular flexibility index (Phi) is 4.86. The lowest BCUT2D eigenvalue weighted by Crippen LogP contribution is -2.43. The Morgan fingerprint density at radius 3 is 2.73 bits per heavy atom. The molecule has 1 aliphatic rings. The summed E-state index contributed by atoms with van der Waals surface area (Å²) in [6.45, 7) is 4.19. The van der Waals surface area contributed by atoms with Crippen molar-refractivity contribution < 1.29 is 0 Å². The normalized spacial score (nSPS) is 22.5. The highest BCUT2D eigenvalue weighted by Crippen LogP contribution is 2.26. The topological polar surface area (TPSA) is 32.3 Å². The van der Waals surface area contributed by atoms with E-state index in [0.717, 1.165) is 24.5 Å². The summed E-state index contributed by atoms with van der Waals surface area (Å²) >= 11 is 1.74. The van der Waals surface area contributed by atoms with E-state index in [2.05, 4.69) is 58.3 Å². The van der Waals surface area contributed by atoms with Crippen molar-refractivity contribution in [2.45, 2.75) is 38.4 Å². The highest BCUT2D eigenvalue weighted by atomic mass is 32.1. The summed E-state index contributed by atoms with van der Waals surface area (Å²) in [6.07, 6.45) is 6.09. The fourth-order valence-corrected chi connectivity index (χ4v) is 4.02. The Hall–Kier alpha value is -1.30. The van der Waals surface area contributed by atoms with E-state index in [9.17, 15) is 0 Å². The minimum absolute atomic E-state index is 0.541. The van der Waals surface area contributed by atoms with Gasteiger partial charge in [0.15, 0.2) is 0 Å². The molecule has 0 N–H and O–H groups in total. The third kappa shape index (κ3) is 3.54. The van der Waals surface area contributed by atoms with E-state index < -0.39 is 0 Å². The molecule has 0 unspecified atom stereocenters.